The number of nitrogens with one attached hydrogen (secondary N) is 1. The lowest BCUT2D eigenvalue weighted by atomic mass is 10.2. The van der Waals surface area contributed by atoms with Gasteiger partial charge >= 0.3 is 0 Å². The highest BCUT2D eigenvalue weighted by Crippen LogP contribution is 2.33. The second-order valence-corrected chi connectivity index (χ2v) is 9.13. The minimum atomic E-state index is -3.71. The molecule has 1 saturated heterocycles. The number of amides is 2. The maximum absolute atomic E-state index is 14.0. The summed E-state index contributed by atoms with van der Waals surface area (Å²) in [5.74, 6) is -4.72. The third-order valence-corrected chi connectivity index (χ3v) is 6.51. The molecule has 2 heterocycles. The maximum atomic E-state index is 14.0. The molecular formula is C18H21F2N5O4S. The van der Waals surface area contributed by atoms with E-state index in [9.17, 15) is 26.8 Å². The summed E-state index contributed by atoms with van der Waals surface area (Å²) in [6.45, 7) is -0.879. The Morgan fingerprint density at radius 3 is 2.63 bits per heavy atom. The molecule has 2 aromatic rings. The summed E-state index contributed by atoms with van der Waals surface area (Å²) >= 11 is 0. The molecule has 1 N–H and O–H groups in total. The number of nitrogens with zero attached hydrogens (tertiary/aromatic N) is 4. The van der Waals surface area contributed by atoms with Crippen molar-refractivity contribution in [1.82, 2.24) is 25.2 Å². The molecule has 12 heteroatoms. The first-order valence-corrected chi connectivity index (χ1v) is 10.8. The van der Waals surface area contributed by atoms with E-state index in [1.807, 2.05) is 0 Å². The third kappa shape index (κ3) is 4.99. The molecule has 2 amide bonds. The lowest BCUT2D eigenvalue weighted by Gasteiger charge is -2.23. The highest BCUT2D eigenvalue weighted by Gasteiger charge is 2.47. The van der Waals surface area contributed by atoms with Crippen LogP contribution in [0.4, 0.5) is 8.78 Å². The maximum Gasteiger partial charge on any atom is 0.273 e. The van der Waals surface area contributed by atoms with Crippen LogP contribution < -0.4 is 5.32 Å². The minimum absolute atomic E-state index is 0.0223. The normalized spacial score (nSPS) is 18.4. The van der Waals surface area contributed by atoms with Crippen molar-refractivity contribution in [3.63, 3.8) is 0 Å². The van der Waals surface area contributed by atoms with E-state index < -0.39 is 58.8 Å². The van der Waals surface area contributed by atoms with Gasteiger partial charge in [-0.05, 0) is 12.1 Å². The van der Waals surface area contributed by atoms with Gasteiger partial charge < -0.3 is 10.2 Å². The van der Waals surface area contributed by atoms with Crippen molar-refractivity contribution in [2.45, 2.75) is 36.2 Å². The summed E-state index contributed by atoms with van der Waals surface area (Å²) < 4.78 is 54.0. The molecule has 0 radical (unpaired) electrons. The quantitative estimate of drug-likeness (QED) is 0.678. The first-order chi connectivity index (χ1) is 14.1. The number of carbonyl (C=O) groups excluding carboxylic acids is 2. The lowest BCUT2D eigenvalue weighted by Crippen LogP contribution is -2.39. The van der Waals surface area contributed by atoms with Crippen molar-refractivity contribution in [2.24, 2.45) is 0 Å². The smallest absolute Gasteiger partial charge is 0.273 e. The van der Waals surface area contributed by atoms with Crippen LogP contribution in [0, 0.1) is 0 Å². The van der Waals surface area contributed by atoms with Gasteiger partial charge in [-0.25, -0.2) is 21.9 Å². The van der Waals surface area contributed by atoms with Crippen LogP contribution in [0.25, 0.3) is 0 Å². The molecule has 162 valence electrons. The molecule has 1 aromatic carbocycles. The topological polar surface area (TPSA) is 114 Å². The Morgan fingerprint density at radius 2 is 1.97 bits per heavy atom. The van der Waals surface area contributed by atoms with Crippen LogP contribution in [0.5, 0.6) is 0 Å². The third-order valence-electron chi connectivity index (χ3n) is 4.78. The summed E-state index contributed by atoms with van der Waals surface area (Å²) in [6, 6.07) is 6.74. The van der Waals surface area contributed by atoms with E-state index in [-0.39, 0.29) is 17.1 Å². The van der Waals surface area contributed by atoms with Gasteiger partial charge in [0.25, 0.3) is 11.8 Å². The molecular weight excluding hydrogens is 420 g/mol. The van der Waals surface area contributed by atoms with Crippen molar-refractivity contribution in [3.8, 4) is 0 Å². The number of aromatic nitrogens is 3. The standard InChI is InChI=1S/C18H21F2N5O4S/c1-21-17(27)15-11-24(23-22-15)10-13-9-18(19,20)12-25(13)16(26)7-8-30(28,29)14-5-3-2-4-6-14/h2-6,11,13H,7-10,12H2,1H3,(H,21,27)/t13-/m0/s1. The zero-order chi connectivity index (χ0) is 21.9. The van der Waals surface area contributed by atoms with E-state index in [0.29, 0.717) is 0 Å². The van der Waals surface area contributed by atoms with Gasteiger partial charge in [0.05, 0.1) is 36.0 Å². The van der Waals surface area contributed by atoms with E-state index in [2.05, 4.69) is 15.6 Å². The average molecular weight is 441 g/mol. The van der Waals surface area contributed by atoms with Gasteiger partial charge in [-0.2, -0.15) is 0 Å². The Hall–Kier alpha value is -2.89. The molecule has 3 rings (SSSR count). The van der Waals surface area contributed by atoms with Crippen LogP contribution in [-0.2, 0) is 21.2 Å². The number of sulfone groups is 1. The van der Waals surface area contributed by atoms with Crippen LogP contribution in [-0.4, -0.2) is 71.4 Å². The Balaban J connectivity index is 1.68. The molecule has 1 aliphatic heterocycles. The van der Waals surface area contributed by atoms with Crippen LogP contribution in [0.15, 0.2) is 41.4 Å². The summed E-state index contributed by atoms with van der Waals surface area (Å²) in [5, 5.41) is 9.79. The Labute approximate surface area is 172 Å². The van der Waals surface area contributed by atoms with E-state index in [4.69, 9.17) is 0 Å². The number of benzene rings is 1. The van der Waals surface area contributed by atoms with Crippen LogP contribution in [0.1, 0.15) is 23.3 Å². The van der Waals surface area contributed by atoms with Crippen molar-refractivity contribution >= 4 is 21.7 Å². The minimum Gasteiger partial charge on any atom is -0.354 e. The second kappa shape index (κ2) is 8.46. The Morgan fingerprint density at radius 1 is 1.27 bits per heavy atom. The molecule has 0 saturated carbocycles. The molecule has 0 unspecified atom stereocenters. The monoisotopic (exact) mass is 441 g/mol. The molecule has 1 atom stereocenters. The molecule has 1 aliphatic rings. The summed E-state index contributed by atoms with van der Waals surface area (Å²) in [5.41, 5.74) is 0.0223. The summed E-state index contributed by atoms with van der Waals surface area (Å²) in [6.07, 6.45) is 0.307. The molecule has 1 aromatic heterocycles. The predicted molar refractivity (Wildman–Crippen MR) is 102 cm³/mol. The van der Waals surface area contributed by atoms with E-state index in [0.717, 1.165) is 4.90 Å². The van der Waals surface area contributed by atoms with Gasteiger partial charge in [0, 0.05) is 19.9 Å². The van der Waals surface area contributed by atoms with E-state index >= 15 is 0 Å². The van der Waals surface area contributed by atoms with Gasteiger partial charge in [0.15, 0.2) is 15.5 Å². The molecule has 9 nitrogen and oxygen atoms in total. The number of hydrogen-bond donors (Lipinski definition) is 1. The Bertz CT molecular complexity index is 1030. The molecule has 30 heavy (non-hydrogen) atoms. The molecule has 1 fully saturated rings. The zero-order valence-electron chi connectivity index (χ0n) is 16.2. The second-order valence-electron chi connectivity index (χ2n) is 7.02. The van der Waals surface area contributed by atoms with E-state index in [1.54, 1.807) is 18.2 Å². The number of carbonyl (C=O) groups is 2. The van der Waals surface area contributed by atoms with Crippen molar-refractivity contribution in [2.75, 3.05) is 19.3 Å². The van der Waals surface area contributed by atoms with Gasteiger partial charge in [0.2, 0.25) is 5.91 Å². The first kappa shape index (κ1) is 21.8. The summed E-state index contributed by atoms with van der Waals surface area (Å²) in [7, 11) is -2.29. The lowest BCUT2D eigenvalue weighted by molar-refractivity contribution is -0.133. The predicted octanol–water partition coefficient (Wildman–Crippen LogP) is 0.738. The average Bonchev–Trinajstić information content (AvgIpc) is 3.30. The highest BCUT2D eigenvalue weighted by molar-refractivity contribution is 7.91. The fraction of sp³-hybridized carbons (Fsp3) is 0.444. The Kier molecular flexibility index (Phi) is 6.15. The fourth-order valence-corrected chi connectivity index (χ4v) is 4.55. The fourth-order valence-electron chi connectivity index (χ4n) is 3.30. The van der Waals surface area contributed by atoms with Gasteiger partial charge in [-0.15, -0.1) is 5.10 Å². The number of likely N-dealkylation sites (tertiary alicyclic amines) is 1. The van der Waals surface area contributed by atoms with Crippen molar-refractivity contribution in [3.05, 3.63) is 42.2 Å². The van der Waals surface area contributed by atoms with Crippen LogP contribution >= 0.6 is 0 Å². The number of hydrogen-bond acceptors (Lipinski definition) is 6. The van der Waals surface area contributed by atoms with E-state index in [1.165, 1.54) is 30.1 Å². The van der Waals surface area contributed by atoms with Crippen LogP contribution in [0.2, 0.25) is 0 Å². The number of rotatable bonds is 7. The molecule has 0 bridgehead atoms. The van der Waals surface area contributed by atoms with Crippen molar-refractivity contribution < 1.29 is 26.8 Å². The number of alkyl halides is 2. The zero-order valence-corrected chi connectivity index (χ0v) is 17.0. The van der Waals surface area contributed by atoms with Gasteiger partial charge in [0.1, 0.15) is 0 Å². The molecule has 0 aliphatic carbocycles. The highest BCUT2D eigenvalue weighted by atomic mass is 32.2. The van der Waals surface area contributed by atoms with Gasteiger partial charge in [-0.3, -0.25) is 9.59 Å². The largest absolute Gasteiger partial charge is 0.354 e. The number of halogens is 2. The van der Waals surface area contributed by atoms with Crippen LogP contribution in [0.3, 0.4) is 0 Å². The van der Waals surface area contributed by atoms with Gasteiger partial charge in [-0.1, -0.05) is 23.4 Å². The first-order valence-electron chi connectivity index (χ1n) is 9.18. The summed E-state index contributed by atoms with van der Waals surface area (Å²) in [4.78, 5) is 25.2. The SMILES string of the molecule is CNC(=O)c1cn(C[C@@H]2CC(F)(F)CN2C(=O)CCS(=O)(=O)c2ccccc2)nn1. The molecule has 0 spiro atoms. The van der Waals surface area contributed by atoms with Crippen molar-refractivity contribution in [1.29, 1.82) is 0 Å².